The normalized spacial score (nSPS) is 18.7. The Kier molecular flexibility index (Phi) is 3.67. The molecule has 1 unspecified atom stereocenters. The van der Waals surface area contributed by atoms with Crippen LogP contribution in [0, 0.1) is 0 Å². The number of hydrogen-bond acceptors (Lipinski definition) is 3. The van der Waals surface area contributed by atoms with Crippen molar-refractivity contribution in [1.82, 2.24) is 14.7 Å². The highest BCUT2D eigenvalue weighted by Crippen LogP contribution is 2.33. The second-order valence-electron chi connectivity index (χ2n) is 6.34. The van der Waals surface area contributed by atoms with Gasteiger partial charge in [0.15, 0.2) is 0 Å². The maximum Gasteiger partial charge on any atom is 0.325 e. The van der Waals surface area contributed by atoms with Crippen LogP contribution in [0.15, 0.2) is 6.20 Å². The highest BCUT2D eigenvalue weighted by molar-refractivity contribution is 5.76. The molecule has 1 atom stereocenters. The maximum absolute atomic E-state index is 11.7. The van der Waals surface area contributed by atoms with Gasteiger partial charge in [0.05, 0.1) is 5.69 Å². The number of likely N-dealkylation sites (tertiary alicyclic amines) is 1. The van der Waals surface area contributed by atoms with Crippen molar-refractivity contribution in [1.29, 1.82) is 0 Å². The Morgan fingerprint density at radius 2 is 1.95 bits per heavy atom. The molecule has 1 aromatic heterocycles. The van der Waals surface area contributed by atoms with Gasteiger partial charge in [-0.05, 0) is 25.9 Å². The number of aliphatic carboxylic acids is 1. The van der Waals surface area contributed by atoms with Crippen molar-refractivity contribution in [3.05, 3.63) is 17.5 Å². The van der Waals surface area contributed by atoms with Crippen molar-refractivity contribution < 1.29 is 9.90 Å². The first kappa shape index (κ1) is 14.1. The van der Waals surface area contributed by atoms with Gasteiger partial charge in [0.1, 0.15) is 6.04 Å². The standard InChI is InChI=1S/C14H23N3O2/c1-14(2,3)12-10(9-16(4)15-12)11(13(18)19)17-7-5-6-8-17/h9,11H,5-8H2,1-4H3,(H,18,19). The first-order valence-corrected chi connectivity index (χ1v) is 6.81. The van der Waals surface area contributed by atoms with Crippen LogP contribution < -0.4 is 0 Å². The van der Waals surface area contributed by atoms with Crippen molar-refractivity contribution >= 4 is 5.97 Å². The molecular formula is C14H23N3O2. The molecular weight excluding hydrogens is 242 g/mol. The lowest BCUT2D eigenvalue weighted by Gasteiger charge is -2.26. The number of aromatic nitrogens is 2. The summed E-state index contributed by atoms with van der Waals surface area (Å²) in [5.74, 6) is -0.777. The predicted octanol–water partition coefficient (Wildman–Crippen LogP) is 1.94. The molecule has 106 valence electrons. The molecule has 1 fully saturated rings. The quantitative estimate of drug-likeness (QED) is 0.907. The van der Waals surface area contributed by atoms with E-state index in [0.29, 0.717) is 0 Å². The van der Waals surface area contributed by atoms with Gasteiger partial charge in [0, 0.05) is 24.2 Å². The largest absolute Gasteiger partial charge is 0.480 e. The van der Waals surface area contributed by atoms with Crippen LogP contribution in [-0.4, -0.2) is 38.8 Å². The minimum absolute atomic E-state index is 0.149. The van der Waals surface area contributed by atoms with Crippen molar-refractivity contribution in [2.24, 2.45) is 7.05 Å². The van der Waals surface area contributed by atoms with Crippen molar-refractivity contribution in [2.75, 3.05) is 13.1 Å². The van der Waals surface area contributed by atoms with E-state index < -0.39 is 12.0 Å². The molecule has 1 aliphatic heterocycles. The van der Waals surface area contributed by atoms with Gasteiger partial charge in [-0.15, -0.1) is 0 Å². The zero-order valence-corrected chi connectivity index (χ0v) is 12.2. The third-order valence-corrected chi connectivity index (χ3v) is 3.60. The number of rotatable bonds is 3. The van der Waals surface area contributed by atoms with E-state index in [1.54, 1.807) is 4.68 Å². The van der Waals surface area contributed by atoms with Gasteiger partial charge in [0.2, 0.25) is 0 Å². The topological polar surface area (TPSA) is 58.4 Å². The number of aryl methyl sites for hydroxylation is 1. The maximum atomic E-state index is 11.7. The Balaban J connectivity index is 2.44. The minimum atomic E-state index is -0.777. The molecule has 0 radical (unpaired) electrons. The van der Waals surface area contributed by atoms with E-state index in [9.17, 15) is 9.90 Å². The highest BCUT2D eigenvalue weighted by Gasteiger charge is 2.35. The summed E-state index contributed by atoms with van der Waals surface area (Å²) in [6.07, 6.45) is 4.02. The van der Waals surface area contributed by atoms with E-state index in [-0.39, 0.29) is 5.41 Å². The summed E-state index contributed by atoms with van der Waals surface area (Å²) in [5.41, 5.74) is 1.57. The fourth-order valence-electron chi connectivity index (χ4n) is 2.78. The molecule has 1 N–H and O–H groups in total. The average Bonchev–Trinajstić information content (AvgIpc) is 2.87. The number of carbonyl (C=O) groups is 1. The molecule has 1 aliphatic rings. The molecule has 0 spiro atoms. The second kappa shape index (κ2) is 4.96. The molecule has 5 nitrogen and oxygen atoms in total. The van der Waals surface area contributed by atoms with Crippen LogP contribution in [0.3, 0.4) is 0 Å². The number of carboxylic acid groups (broad SMARTS) is 1. The molecule has 19 heavy (non-hydrogen) atoms. The summed E-state index contributed by atoms with van der Waals surface area (Å²) in [6.45, 7) is 7.93. The zero-order valence-electron chi connectivity index (χ0n) is 12.2. The van der Waals surface area contributed by atoms with Gasteiger partial charge in [-0.2, -0.15) is 5.10 Å². The van der Waals surface area contributed by atoms with Crippen molar-refractivity contribution in [2.45, 2.75) is 45.1 Å². The SMILES string of the molecule is Cn1cc(C(C(=O)O)N2CCCC2)c(C(C)(C)C)n1. The van der Waals surface area contributed by atoms with Gasteiger partial charge >= 0.3 is 5.97 Å². The Morgan fingerprint density at radius 3 is 2.42 bits per heavy atom. The minimum Gasteiger partial charge on any atom is -0.480 e. The van der Waals surface area contributed by atoms with Crippen molar-refractivity contribution in [3.8, 4) is 0 Å². The van der Waals surface area contributed by atoms with E-state index in [1.165, 1.54) is 0 Å². The van der Waals surface area contributed by atoms with Crippen LogP contribution in [0.4, 0.5) is 0 Å². The van der Waals surface area contributed by atoms with Crippen LogP contribution in [0.1, 0.15) is 50.9 Å². The van der Waals surface area contributed by atoms with Gasteiger partial charge in [0.25, 0.3) is 0 Å². The molecule has 0 amide bonds. The fourth-order valence-corrected chi connectivity index (χ4v) is 2.78. The Hall–Kier alpha value is -1.36. The predicted molar refractivity (Wildman–Crippen MR) is 73.1 cm³/mol. The summed E-state index contributed by atoms with van der Waals surface area (Å²) < 4.78 is 1.72. The van der Waals surface area contributed by atoms with E-state index in [2.05, 4.69) is 30.8 Å². The number of hydrogen-bond donors (Lipinski definition) is 1. The monoisotopic (exact) mass is 265 g/mol. The van der Waals surface area contributed by atoms with E-state index in [1.807, 2.05) is 13.2 Å². The first-order chi connectivity index (χ1) is 8.80. The smallest absolute Gasteiger partial charge is 0.325 e. The molecule has 2 heterocycles. The van der Waals surface area contributed by atoms with Gasteiger partial charge in [-0.3, -0.25) is 14.4 Å². The van der Waals surface area contributed by atoms with Crippen LogP contribution in [0.2, 0.25) is 0 Å². The van der Waals surface area contributed by atoms with Crippen LogP contribution in [0.5, 0.6) is 0 Å². The number of carboxylic acids is 1. The summed E-state index contributed by atoms with van der Waals surface area (Å²) in [5, 5.41) is 14.1. The lowest BCUT2D eigenvalue weighted by atomic mass is 9.87. The molecule has 5 heteroatoms. The molecule has 0 aliphatic carbocycles. The lowest BCUT2D eigenvalue weighted by Crippen LogP contribution is -2.33. The summed E-state index contributed by atoms with van der Waals surface area (Å²) >= 11 is 0. The van der Waals surface area contributed by atoms with Gasteiger partial charge in [-0.25, -0.2) is 0 Å². The molecule has 1 aromatic rings. The molecule has 0 aromatic carbocycles. The zero-order chi connectivity index (χ0) is 14.2. The molecule has 2 rings (SSSR count). The Labute approximate surface area is 114 Å². The number of nitrogens with zero attached hydrogens (tertiary/aromatic N) is 3. The van der Waals surface area contributed by atoms with Crippen molar-refractivity contribution in [3.63, 3.8) is 0 Å². The summed E-state index contributed by atoms with van der Waals surface area (Å²) in [6, 6.07) is -0.564. The highest BCUT2D eigenvalue weighted by atomic mass is 16.4. The lowest BCUT2D eigenvalue weighted by molar-refractivity contribution is -0.143. The van der Waals surface area contributed by atoms with Gasteiger partial charge < -0.3 is 5.11 Å². The third-order valence-electron chi connectivity index (χ3n) is 3.60. The summed E-state index contributed by atoms with van der Waals surface area (Å²) in [4.78, 5) is 13.7. The summed E-state index contributed by atoms with van der Waals surface area (Å²) in [7, 11) is 1.85. The van der Waals surface area contributed by atoms with Crippen LogP contribution in [0.25, 0.3) is 0 Å². The Bertz CT molecular complexity index is 468. The van der Waals surface area contributed by atoms with Crippen LogP contribution in [-0.2, 0) is 17.3 Å². The van der Waals surface area contributed by atoms with E-state index in [4.69, 9.17) is 0 Å². The first-order valence-electron chi connectivity index (χ1n) is 6.81. The molecule has 1 saturated heterocycles. The molecule has 0 saturated carbocycles. The van der Waals surface area contributed by atoms with Crippen LogP contribution >= 0.6 is 0 Å². The second-order valence-corrected chi connectivity index (χ2v) is 6.34. The van der Waals surface area contributed by atoms with E-state index in [0.717, 1.165) is 37.2 Å². The average molecular weight is 265 g/mol. The Morgan fingerprint density at radius 1 is 1.37 bits per heavy atom. The third kappa shape index (κ3) is 2.81. The van der Waals surface area contributed by atoms with E-state index >= 15 is 0 Å². The van der Waals surface area contributed by atoms with Gasteiger partial charge in [-0.1, -0.05) is 20.8 Å². The fraction of sp³-hybridized carbons (Fsp3) is 0.714. The molecule has 0 bridgehead atoms.